The number of benzene rings is 1. The van der Waals surface area contributed by atoms with Crippen LogP contribution in [0.1, 0.15) is 32.3 Å². The summed E-state index contributed by atoms with van der Waals surface area (Å²) in [6, 6.07) is 8.07. The predicted octanol–water partition coefficient (Wildman–Crippen LogP) is 2.80. The van der Waals surface area contributed by atoms with Crippen LogP contribution in [0.15, 0.2) is 24.3 Å². The van der Waals surface area contributed by atoms with Crippen molar-refractivity contribution in [2.24, 2.45) is 11.7 Å². The maximum absolute atomic E-state index is 12.3. The van der Waals surface area contributed by atoms with Crippen LogP contribution in [0, 0.1) is 5.92 Å². The molecule has 2 rings (SSSR count). The van der Waals surface area contributed by atoms with Gasteiger partial charge >= 0.3 is 6.03 Å². The Morgan fingerprint density at radius 1 is 1.42 bits per heavy atom. The van der Waals surface area contributed by atoms with Crippen LogP contribution in [0.25, 0.3) is 0 Å². The summed E-state index contributed by atoms with van der Waals surface area (Å²) in [5.41, 5.74) is 7.46. The van der Waals surface area contributed by atoms with Crippen molar-refractivity contribution >= 4 is 11.7 Å². The van der Waals surface area contributed by atoms with E-state index >= 15 is 0 Å². The minimum Gasteiger partial charge on any atom is -0.326 e. The number of hydrogen-bond donors (Lipinski definition) is 2. The molecule has 1 unspecified atom stereocenters. The first-order chi connectivity index (χ1) is 9.11. The van der Waals surface area contributed by atoms with E-state index in [0.29, 0.717) is 18.5 Å². The molecule has 1 aromatic carbocycles. The first-order valence-electron chi connectivity index (χ1n) is 6.98. The van der Waals surface area contributed by atoms with E-state index < -0.39 is 0 Å². The molecule has 0 radical (unpaired) electrons. The molecule has 1 saturated heterocycles. The summed E-state index contributed by atoms with van der Waals surface area (Å²) in [4.78, 5) is 14.2. The van der Waals surface area contributed by atoms with Gasteiger partial charge in [0.2, 0.25) is 0 Å². The summed E-state index contributed by atoms with van der Waals surface area (Å²) in [5.74, 6) is 0.507. The number of rotatable bonds is 3. The average molecular weight is 261 g/mol. The van der Waals surface area contributed by atoms with Crippen molar-refractivity contribution < 1.29 is 4.79 Å². The normalized spacial score (nSPS) is 18.9. The number of amides is 2. The van der Waals surface area contributed by atoms with Crippen LogP contribution in [-0.2, 0) is 6.54 Å². The third-order valence-electron chi connectivity index (χ3n) is 3.77. The quantitative estimate of drug-likeness (QED) is 0.879. The van der Waals surface area contributed by atoms with Gasteiger partial charge in [0.25, 0.3) is 0 Å². The molecule has 19 heavy (non-hydrogen) atoms. The first kappa shape index (κ1) is 13.9. The molecule has 0 aromatic heterocycles. The molecule has 1 atom stereocenters. The van der Waals surface area contributed by atoms with Crippen molar-refractivity contribution in [3.05, 3.63) is 29.8 Å². The van der Waals surface area contributed by atoms with E-state index in [1.54, 1.807) is 0 Å². The lowest BCUT2D eigenvalue weighted by atomic mass is 10.0. The molecule has 0 bridgehead atoms. The van der Waals surface area contributed by atoms with E-state index in [1.165, 1.54) is 0 Å². The molecule has 0 spiro atoms. The van der Waals surface area contributed by atoms with E-state index in [0.717, 1.165) is 30.6 Å². The van der Waals surface area contributed by atoms with Crippen LogP contribution in [0.3, 0.4) is 0 Å². The number of nitrogens with two attached hydrogens (primary N) is 1. The number of nitrogens with zero attached hydrogens (tertiary/aromatic N) is 1. The fourth-order valence-corrected chi connectivity index (χ4v) is 2.66. The fourth-order valence-electron chi connectivity index (χ4n) is 2.66. The monoisotopic (exact) mass is 261 g/mol. The highest BCUT2D eigenvalue weighted by Crippen LogP contribution is 2.24. The third-order valence-corrected chi connectivity index (χ3v) is 3.77. The lowest BCUT2D eigenvalue weighted by Crippen LogP contribution is -2.41. The molecule has 1 heterocycles. The van der Waals surface area contributed by atoms with Gasteiger partial charge in [0.15, 0.2) is 0 Å². The number of likely N-dealkylation sites (tertiary alicyclic amines) is 1. The van der Waals surface area contributed by atoms with Crippen LogP contribution in [0.2, 0.25) is 0 Å². The molecular weight excluding hydrogens is 238 g/mol. The highest BCUT2D eigenvalue weighted by molar-refractivity contribution is 5.89. The Balaban J connectivity index is 1.99. The van der Waals surface area contributed by atoms with Gasteiger partial charge in [-0.3, -0.25) is 0 Å². The molecule has 1 aliphatic rings. The van der Waals surface area contributed by atoms with E-state index in [1.807, 2.05) is 29.2 Å². The van der Waals surface area contributed by atoms with Crippen LogP contribution in [0.5, 0.6) is 0 Å². The topological polar surface area (TPSA) is 58.4 Å². The molecule has 1 fully saturated rings. The largest absolute Gasteiger partial charge is 0.326 e. The maximum atomic E-state index is 12.3. The molecule has 0 aliphatic carbocycles. The molecule has 3 N–H and O–H groups in total. The van der Waals surface area contributed by atoms with Gasteiger partial charge in [-0.15, -0.1) is 0 Å². The zero-order valence-electron chi connectivity index (χ0n) is 11.7. The summed E-state index contributed by atoms with van der Waals surface area (Å²) in [6.07, 6.45) is 2.21. The van der Waals surface area contributed by atoms with E-state index in [9.17, 15) is 4.79 Å². The second-order valence-electron chi connectivity index (χ2n) is 5.48. The summed E-state index contributed by atoms with van der Waals surface area (Å²) in [6.45, 7) is 5.73. The van der Waals surface area contributed by atoms with Gasteiger partial charge in [-0.1, -0.05) is 26.0 Å². The van der Waals surface area contributed by atoms with Gasteiger partial charge in [-0.2, -0.15) is 0 Å². The molecule has 4 heteroatoms. The summed E-state index contributed by atoms with van der Waals surface area (Å²) >= 11 is 0. The van der Waals surface area contributed by atoms with Crippen molar-refractivity contribution in [3.63, 3.8) is 0 Å². The standard InChI is InChI=1S/C15H23N3O/c1-11(2)14-4-3-9-18(14)15(19)17-13-7-5-12(10-16)6-8-13/h5-8,11,14H,3-4,9-10,16H2,1-2H3,(H,17,19). The number of hydrogen-bond acceptors (Lipinski definition) is 2. The number of urea groups is 1. The van der Waals surface area contributed by atoms with Crippen LogP contribution in [0.4, 0.5) is 10.5 Å². The highest BCUT2D eigenvalue weighted by atomic mass is 16.2. The van der Waals surface area contributed by atoms with Gasteiger partial charge < -0.3 is 16.0 Å². The first-order valence-corrected chi connectivity index (χ1v) is 6.98. The molecule has 2 amide bonds. The minimum absolute atomic E-state index is 0.0108. The van der Waals surface area contributed by atoms with Crippen LogP contribution < -0.4 is 11.1 Å². The van der Waals surface area contributed by atoms with Crippen molar-refractivity contribution in [2.45, 2.75) is 39.3 Å². The lowest BCUT2D eigenvalue weighted by molar-refractivity contribution is 0.192. The zero-order valence-corrected chi connectivity index (χ0v) is 11.7. The number of nitrogens with one attached hydrogen (secondary N) is 1. The van der Waals surface area contributed by atoms with E-state index in [-0.39, 0.29) is 6.03 Å². The second kappa shape index (κ2) is 6.06. The Kier molecular flexibility index (Phi) is 4.43. The maximum Gasteiger partial charge on any atom is 0.322 e. The molecule has 0 saturated carbocycles. The van der Waals surface area contributed by atoms with Crippen LogP contribution >= 0.6 is 0 Å². The average Bonchev–Trinajstić information content (AvgIpc) is 2.89. The lowest BCUT2D eigenvalue weighted by Gasteiger charge is -2.27. The van der Waals surface area contributed by atoms with Crippen molar-refractivity contribution in [3.8, 4) is 0 Å². The summed E-state index contributed by atoms with van der Waals surface area (Å²) < 4.78 is 0. The van der Waals surface area contributed by atoms with Gasteiger partial charge in [-0.05, 0) is 36.5 Å². The number of carbonyl (C=O) groups excluding carboxylic acids is 1. The molecule has 104 valence electrons. The fraction of sp³-hybridized carbons (Fsp3) is 0.533. The minimum atomic E-state index is 0.0108. The number of anilines is 1. The Bertz CT molecular complexity index is 428. The van der Waals surface area contributed by atoms with Gasteiger partial charge in [0.05, 0.1) is 0 Å². The van der Waals surface area contributed by atoms with Crippen LogP contribution in [-0.4, -0.2) is 23.5 Å². The van der Waals surface area contributed by atoms with Gasteiger partial charge in [0, 0.05) is 24.8 Å². The van der Waals surface area contributed by atoms with E-state index in [2.05, 4.69) is 19.2 Å². The summed E-state index contributed by atoms with van der Waals surface area (Å²) in [5, 5.41) is 2.97. The van der Waals surface area contributed by atoms with E-state index in [4.69, 9.17) is 5.73 Å². The van der Waals surface area contributed by atoms with Crippen molar-refractivity contribution in [2.75, 3.05) is 11.9 Å². The Morgan fingerprint density at radius 2 is 2.11 bits per heavy atom. The Labute approximate surface area is 115 Å². The number of carbonyl (C=O) groups is 1. The zero-order chi connectivity index (χ0) is 13.8. The Morgan fingerprint density at radius 3 is 2.68 bits per heavy atom. The van der Waals surface area contributed by atoms with Crippen molar-refractivity contribution in [1.82, 2.24) is 4.90 Å². The molecular formula is C15H23N3O. The smallest absolute Gasteiger partial charge is 0.322 e. The third kappa shape index (κ3) is 3.26. The van der Waals surface area contributed by atoms with Gasteiger partial charge in [-0.25, -0.2) is 4.79 Å². The molecule has 1 aliphatic heterocycles. The SMILES string of the molecule is CC(C)C1CCCN1C(=O)Nc1ccc(CN)cc1. The summed E-state index contributed by atoms with van der Waals surface area (Å²) in [7, 11) is 0. The molecule has 1 aromatic rings. The molecule has 4 nitrogen and oxygen atoms in total. The predicted molar refractivity (Wildman–Crippen MR) is 77.9 cm³/mol. The van der Waals surface area contributed by atoms with Gasteiger partial charge in [0.1, 0.15) is 0 Å². The Hall–Kier alpha value is -1.55. The second-order valence-corrected chi connectivity index (χ2v) is 5.48. The highest BCUT2D eigenvalue weighted by Gasteiger charge is 2.30. The van der Waals surface area contributed by atoms with Crippen molar-refractivity contribution in [1.29, 1.82) is 0 Å².